The minimum atomic E-state index is -0.0434. The standard InChI is InChI=1S/C20H19NO4.C19H13NO5/c1-22-17-4-3-12-7-16-14-9-19-18(24-11-25-19)8-13(14)5-6-21(16)10-15(12)20(17)23-2;21-19-17-11(1-2-14-18(17)25-9-22-14)5-13-12-7-16-15(23-8-24-16)6-10(12)3-4-20(13)19/h3-4,7-9H,5-6,10-11H2,1-2H3;1-2,5-7H,3-4,8-9H2. The number of benzene rings is 4. The lowest BCUT2D eigenvalue weighted by molar-refractivity contribution is 0.173. The monoisotopic (exact) mass is 672 g/mol. The molecule has 5 aromatic rings. The number of aromatic nitrogens is 1. The molecule has 0 fully saturated rings. The van der Waals surface area contributed by atoms with Crippen LogP contribution in [0.4, 0.5) is 0 Å². The first-order valence-electron chi connectivity index (χ1n) is 16.6. The van der Waals surface area contributed by atoms with Crippen molar-refractivity contribution in [3.05, 3.63) is 92.8 Å². The Kier molecular flexibility index (Phi) is 6.39. The second kappa shape index (κ2) is 11.0. The Morgan fingerprint density at radius 3 is 2.12 bits per heavy atom. The highest BCUT2D eigenvalue weighted by molar-refractivity contribution is 5.93. The van der Waals surface area contributed by atoms with Crippen LogP contribution in [-0.4, -0.2) is 50.6 Å². The number of fused-ring (bicyclic) bond motifs is 12. The molecule has 0 unspecified atom stereocenters. The van der Waals surface area contributed by atoms with Crippen molar-refractivity contribution in [2.75, 3.05) is 41.1 Å². The van der Waals surface area contributed by atoms with Crippen LogP contribution in [0.1, 0.15) is 27.8 Å². The zero-order chi connectivity index (χ0) is 33.5. The van der Waals surface area contributed by atoms with Gasteiger partial charge < -0.3 is 47.4 Å². The maximum absolute atomic E-state index is 13.1. The number of nitrogens with zero attached hydrogens (tertiary/aromatic N) is 2. The van der Waals surface area contributed by atoms with Gasteiger partial charge in [0.25, 0.3) is 5.56 Å². The Bertz CT molecular complexity index is 2360. The van der Waals surface area contributed by atoms with E-state index in [0.29, 0.717) is 30.2 Å². The summed E-state index contributed by atoms with van der Waals surface area (Å²) < 4.78 is 45.9. The van der Waals surface area contributed by atoms with E-state index in [1.165, 1.54) is 33.5 Å². The molecule has 0 radical (unpaired) electrons. The average Bonchev–Trinajstić information content (AvgIpc) is 3.93. The molecular formula is C39H32N2O9. The Morgan fingerprint density at radius 1 is 0.680 bits per heavy atom. The quantitative estimate of drug-likeness (QED) is 0.223. The summed E-state index contributed by atoms with van der Waals surface area (Å²) in [5, 5.41) is 1.44. The summed E-state index contributed by atoms with van der Waals surface area (Å²) in [6, 6.07) is 18.1. The van der Waals surface area contributed by atoms with Gasteiger partial charge in [-0.25, -0.2) is 0 Å². The highest BCUT2D eigenvalue weighted by Crippen LogP contribution is 2.46. The van der Waals surface area contributed by atoms with E-state index in [4.69, 9.17) is 37.9 Å². The van der Waals surface area contributed by atoms with Gasteiger partial charge in [-0.2, -0.15) is 0 Å². The molecular weight excluding hydrogens is 640 g/mol. The Morgan fingerprint density at radius 2 is 1.36 bits per heavy atom. The van der Waals surface area contributed by atoms with Crippen LogP contribution in [0.15, 0.2) is 59.4 Å². The van der Waals surface area contributed by atoms with Crippen molar-refractivity contribution >= 4 is 22.5 Å². The number of hydrogen-bond acceptors (Lipinski definition) is 10. The van der Waals surface area contributed by atoms with E-state index in [0.717, 1.165) is 77.1 Å². The minimum Gasteiger partial charge on any atom is -0.493 e. The molecule has 6 aliphatic heterocycles. The summed E-state index contributed by atoms with van der Waals surface area (Å²) in [6.45, 7) is 3.12. The average molecular weight is 673 g/mol. The number of ether oxygens (including phenoxy) is 8. The Hall–Kier alpha value is -5.97. The zero-order valence-electron chi connectivity index (χ0n) is 27.5. The lowest BCUT2D eigenvalue weighted by Crippen LogP contribution is -2.31. The normalized spacial score (nSPS) is 16.3. The molecule has 0 saturated heterocycles. The second-order valence-corrected chi connectivity index (χ2v) is 12.8. The molecule has 0 saturated carbocycles. The van der Waals surface area contributed by atoms with Crippen LogP contribution in [0.2, 0.25) is 0 Å². The molecule has 0 bridgehead atoms. The largest absolute Gasteiger partial charge is 0.493 e. The van der Waals surface area contributed by atoms with Crippen molar-refractivity contribution in [1.82, 2.24) is 9.47 Å². The first-order chi connectivity index (χ1) is 24.6. The topological polar surface area (TPSA) is 99.1 Å². The van der Waals surface area contributed by atoms with Crippen molar-refractivity contribution < 1.29 is 37.9 Å². The third kappa shape index (κ3) is 4.32. The summed E-state index contributed by atoms with van der Waals surface area (Å²) in [5.41, 5.74) is 9.18. The predicted molar refractivity (Wildman–Crippen MR) is 184 cm³/mol. The molecule has 11 rings (SSSR count). The molecule has 7 heterocycles. The fourth-order valence-electron chi connectivity index (χ4n) is 7.86. The van der Waals surface area contributed by atoms with Gasteiger partial charge in [0.15, 0.2) is 46.0 Å². The van der Waals surface area contributed by atoms with Crippen LogP contribution in [0, 0.1) is 0 Å². The third-order valence-corrected chi connectivity index (χ3v) is 10.3. The Labute approximate surface area is 286 Å². The van der Waals surface area contributed by atoms with Gasteiger partial charge in [-0.1, -0.05) is 12.1 Å². The van der Waals surface area contributed by atoms with Crippen LogP contribution in [0.3, 0.4) is 0 Å². The van der Waals surface area contributed by atoms with Gasteiger partial charge in [0.05, 0.1) is 25.3 Å². The van der Waals surface area contributed by atoms with E-state index in [9.17, 15) is 4.79 Å². The molecule has 0 N–H and O–H groups in total. The maximum atomic E-state index is 13.1. The fourth-order valence-corrected chi connectivity index (χ4v) is 7.86. The Balaban J connectivity index is 0.000000127. The van der Waals surface area contributed by atoms with Crippen molar-refractivity contribution in [2.45, 2.75) is 25.9 Å². The number of methoxy groups -OCH3 is 2. The molecule has 1 aromatic heterocycles. The summed E-state index contributed by atoms with van der Waals surface area (Å²) >= 11 is 0. The van der Waals surface area contributed by atoms with Crippen LogP contribution < -0.4 is 43.5 Å². The maximum Gasteiger partial charge on any atom is 0.262 e. The van der Waals surface area contributed by atoms with E-state index < -0.39 is 0 Å². The van der Waals surface area contributed by atoms with Crippen molar-refractivity contribution in [1.29, 1.82) is 0 Å². The smallest absolute Gasteiger partial charge is 0.262 e. The van der Waals surface area contributed by atoms with E-state index in [-0.39, 0.29) is 19.1 Å². The van der Waals surface area contributed by atoms with Gasteiger partial charge in [0.2, 0.25) is 20.4 Å². The van der Waals surface area contributed by atoms with Crippen molar-refractivity contribution in [2.24, 2.45) is 0 Å². The summed E-state index contributed by atoms with van der Waals surface area (Å²) in [4.78, 5) is 15.5. The molecule has 0 aliphatic carbocycles. The van der Waals surface area contributed by atoms with E-state index >= 15 is 0 Å². The molecule has 0 amide bonds. The molecule has 6 aliphatic rings. The molecule has 50 heavy (non-hydrogen) atoms. The van der Waals surface area contributed by atoms with Gasteiger partial charge in [0, 0.05) is 42.0 Å². The number of aryl methyl sites for hydroxylation is 1. The highest BCUT2D eigenvalue weighted by atomic mass is 16.7. The molecule has 11 heteroatoms. The van der Waals surface area contributed by atoms with Crippen LogP contribution in [0.5, 0.6) is 46.0 Å². The lowest BCUT2D eigenvalue weighted by atomic mass is 9.90. The summed E-state index contributed by atoms with van der Waals surface area (Å²) in [7, 11) is 3.37. The molecule has 4 aromatic carbocycles. The third-order valence-electron chi connectivity index (χ3n) is 10.3. The van der Waals surface area contributed by atoms with Gasteiger partial charge in [-0.15, -0.1) is 0 Å². The first kappa shape index (κ1) is 29.0. The number of hydrogen-bond donors (Lipinski definition) is 0. The molecule has 0 atom stereocenters. The highest BCUT2D eigenvalue weighted by Gasteiger charge is 2.31. The summed E-state index contributed by atoms with van der Waals surface area (Å²) in [6.07, 6.45) is 4.00. The van der Waals surface area contributed by atoms with Gasteiger partial charge in [0.1, 0.15) is 0 Å². The van der Waals surface area contributed by atoms with Crippen LogP contribution in [-0.2, 0) is 25.9 Å². The van der Waals surface area contributed by atoms with Gasteiger partial charge >= 0.3 is 0 Å². The van der Waals surface area contributed by atoms with Gasteiger partial charge in [-0.3, -0.25) is 4.79 Å². The SMILES string of the molecule is COc1ccc2c(c1OC)CN1CCc3cc4c(cc3C1=C2)OCO4.O=c1c2c3c(ccc2cc2n1CCc1cc4c(cc1-2)OCO4)OCO3. The molecule has 11 nitrogen and oxygen atoms in total. The van der Waals surface area contributed by atoms with E-state index in [2.05, 4.69) is 29.2 Å². The van der Waals surface area contributed by atoms with Crippen LogP contribution in [0.25, 0.3) is 33.8 Å². The van der Waals surface area contributed by atoms with Gasteiger partial charge in [-0.05, 0) is 83.5 Å². The van der Waals surface area contributed by atoms with Crippen LogP contribution >= 0.6 is 0 Å². The number of pyridine rings is 1. The molecule has 252 valence electrons. The second-order valence-electron chi connectivity index (χ2n) is 12.8. The lowest BCUT2D eigenvalue weighted by Gasteiger charge is -2.37. The minimum absolute atomic E-state index is 0.0434. The fraction of sp³-hybridized carbons (Fsp3) is 0.256. The predicted octanol–water partition coefficient (Wildman–Crippen LogP) is 5.98. The summed E-state index contributed by atoms with van der Waals surface area (Å²) in [5.74, 6) is 5.98. The van der Waals surface area contributed by atoms with E-state index in [1.54, 1.807) is 14.2 Å². The first-order valence-corrected chi connectivity index (χ1v) is 16.6. The van der Waals surface area contributed by atoms with E-state index in [1.807, 2.05) is 41.0 Å². The molecule has 0 spiro atoms. The zero-order valence-corrected chi connectivity index (χ0v) is 27.5. The van der Waals surface area contributed by atoms with Crippen molar-refractivity contribution in [3.8, 4) is 57.3 Å². The number of rotatable bonds is 2. The van der Waals surface area contributed by atoms with Crippen molar-refractivity contribution in [3.63, 3.8) is 0 Å².